The maximum atomic E-state index is 8.96. The van der Waals surface area contributed by atoms with Gasteiger partial charge in [0.2, 0.25) is 0 Å². The first kappa shape index (κ1) is 19.2. The Bertz CT molecular complexity index is 321. The summed E-state index contributed by atoms with van der Waals surface area (Å²) in [4.78, 5) is 4.85. The molecule has 4 heteroatoms. The number of hydrogen-bond acceptors (Lipinski definition) is 3. The SMILES string of the molecule is CC.CN1CCN(Cc2ccc(CO)cc2)CC1.[Y]. The van der Waals surface area contributed by atoms with E-state index in [2.05, 4.69) is 29.0 Å². The molecule has 1 aromatic carbocycles. The molecule has 0 unspecified atom stereocenters. The molecule has 0 atom stereocenters. The summed E-state index contributed by atoms with van der Waals surface area (Å²) < 4.78 is 0. The van der Waals surface area contributed by atoms with Crippen molar-refractivity contribution >= 4 is 0 Å². The Labute approximate surface area is 142 Å². The minimum Gasteiger partial charge on any atom is -0.392 e. The largest absolute Gasteiger partial charge is 0.392 e. The molecule has 2 rings (SSSR count). The Balaban J connectivity index is 0.00000103. The Kier molecular flexibility index (Phi) is 11.0. The van der Waals surface area contributed by atoms with Crippen LogP contribution < -0.4 is 0 Å². The molecular weight excluding hydrogens is 313 g/mol. The van der Waals surface area contributed by atoms with Gasteiger partial charge in [-0.15, -0.1) is 0 Å². The topological polar surface area (TPSA) is 26.7 Å². The van der Waals surface area contributed by atoms with Crippen LogP contribution in [0.25, 0.3) is 0 Å². The van der Waals surface area contributed by atoms with E-state index >= 15 is 0 Å². The van der Waals surface area contributed by atoms with Crippen molar-refractivity contribution in [3.8, 4) is 0 Å². The van der Waals surface area contributed by atoms with Crippen molar-refractivity contribution in [3.05, 3.63) is 35.4 Å². The predicted molar refractivity (Wildman–Crippen MR) is 76.5 cm³/mol. The van der Waals surface area contributed by atoms with Gasteiger partial charge in [-0.1, -0.05) is 38.1 Å². The summed E-state index contributed by atoms with van der Waals surface area (Å²) in [6.45, 7) is 9.79. The fourth-order valence-electron chi connectivity index (χ4n) is 2.01. The van der Waals surface area contributed by atoms with Crippen molar-refractivity contribution in [1.82, 2.24) is 9.80 Å². The molecule has 1 saturated heterocycles. The standard InChI is InChI=1S/C13H20N2O.C2H6.Y/c1-14-6-8-15(9-7-14)10-12-2-4-13(11-16)5-3-12;1-2;/h2-5,16H,6-11H2,1H3;1-2H3;. The van der Waals surface area contributed by atoms with Crippen LogP contribution in [-0.2, 0) is 45.9 Å². The molecule has 105 valence electrons. The molecule has 1 aromatic rings. The first-order valence-electron chi connectivity index (χ1n) is 6.87. The van der Waals surface area contributed by atoms with Crippen LogP contribution in [0.1, 0.15) is 25.0 Å². The molecule has 0 aliphatic carbocycles. The molecule has 0 saturated carbocycles. The van der Waals surface area contributed by atoms with Crippen molar-refractivity contribution in [2.75, 3.05) is 33.2 Å². The van der Waals surface area contributed by atoms with Crippen LogP contribution in [-0.4, -0.2) is 48.1 Å². The summed E-state index contributed by atoms with van der Waals surface area (Å²) in [5.74, 6) is 0. The van der Waals surface area contributed by atoms with Gasteiger partial charge in [-0.2, -0.15) is 0 Å². The van der Waals surface area contributed by atoms with Gasteiger partial charge in [-0.05, 0) is 18.2 Å². The van der Waals surface area contributed by atoms with E-state index in [0.717, 1.165) is 38.3 Å². The zero-order valence-electron chi connectivity index (χ0n) is 12.5. The molecule has 1 N–H and O–H groups in total. The number of nitrogens with zero attached hydrogens (tertiary/aromatic N) is 2. The Morgan fingerprint density at radius 1 is 0.947 bits per heavy atom. The number of aliphatic hydroxyl groups excluding tert-OH is 1. The zero-order chi connectivity index (χ0) is 13.4. The van der Waals surface area contributed by atoms with Crippen LogP contribution in [0.15, 0.2) is 24.3 Å². The Morgan fingerprint density at radius 3 is 1.89 bits per heavy atom. The normalized spacial score (nSPS) is 16.2. The summed E-state index contributed by atoms with van der Waals surface area (Å²) in [6.07, 6.45) is 0. The zero-order valence-corrected chi connectivity index (χ0v) is 15.3. The van der Waals surface area contributed by atoms with E-state index in [1.165, 1.54) is 5.56 Å². The second kappa shape index (κ2) is 10.9. The first-order valence-corrected chi connectivity index (χ1v) is 6.87. The molecule has 0 spiro atoms. The van der Waals surface area contributed by atoms with E-state index in [1.54, 1.807) is 0 Å². The molecule has 0 bridgehead atoms. The molecule has 1 aliphatic heterocycles. The van der Waals surface area contributed by atoms with E-state index < -0.39 is 0 Å². The van der Waals surface area contributed by atoms with Crippen molar-refractivity contribution in [2.24, 2.45) is 0 Å². The van der Waals surface area contributed by atoms with Gasteiger partial charge < -0.3 is 10.0 Å². The Hall–Kier alpha value is 0.204. The van der Waals surface area contributed by atoms with Gasteiger partial charge in [-0.3, -0.25) is 4.90 Å². The number of likely N-dealkylation sites (N-methyl/N-ethyl adjacent to an activating group) is 1. The van der Waals surface area contributed by atoms with Gasteiger partial charge in [0.05, 0.1) is 6.61 Å². The van der Waals surface area contributed by atoms with Crippen molar-refractivity contribution < 1.29 is 37.8 Å². The average molecular weight is 339 g/mol. The molecule has 3 nitrogen and oxygen atoms in total. The maximum absolute atomic E-state index is 8.96. The quantitative estimate of drug-likeness (QED) is 0.912. The third kappa shape index (κ3) is 6.96. The second-order valence-electron chi connectivity index (χ2n) is 4.55. The van der Waals surface area contributed by atoms with Crippen LogP contribution in [0, 0.1) is 0 Å². The molecule has 1 radical (unpaired) electrons. The van der Waals surface area contributed by atoms with Crippen molar-refractivity contribution in [2.45, 2.75) is 27.0 Å². The molecule has 19 heavy (non-hydrogen) atoms. The van der Waals surface area contributed by atoms with E-state index in [0.29, 0.717) is 0 Å². The number of hydrogen-bond donors (Lipinski definition) is 1. The van der Waals surface area contributed by atoms with Gasteiger partial charge in [-0.25, -0.2) is 0 Å². The number of aliphatic hydroxyl groups is 1. The summed E-state index contributed by atoms with van der Waals surface area (Å²) >= 11 is 0. The fraction of sp³-hybridized carbons (Fsp3) is 0.600. The van der Waals surface area contributed by atoms with E-state index in [9.17, 15) is 0 Å². The smallest absolute Gasteiger partial charge is 0.0681 e. The third-order valence-corrected chi connectivity index (χ3v) is 3.21. The predicted octanol–water partition coefficient (Wildman–Crippen LogP) is 1.95. The van der Waals surface area contributed by atoms with Gasteiger partial charge in [0, 0.05) is 65.4 Å². The number of piperazine rings is 1. The molecular formula is C15H26N2OY. The monoisotopic (exact) mass is 339 g/mol. The van der Waals surface area contributed by atoms with Gasteiger partial charge in [0.1, 0.15) is 0 Å². The van der Waals surface area contributed by atoms with Gasteiger partial charge in [0.25, 0.3) is 0 Å². The van der Waals surface area contributed by atoms with Crippen LogP contribution in [0.4, 0.5) is 0 Å². The second-order valence-corrected chi connectivity index (χ2v) is 4.55. The fourth-order valence-corrected chi connectivity index (χ4v) is 2.01. The molecule has 0 aromatic heterocycles. The average Bonchev–Trinajstić information content (AvgIpc) is 2.44. The Morgan fingerprint density at radius 2 is 1.42 bits per heavy atom. The minimum atomic E-state index is 0. The maximum Gasteiger partial charge on any atom is 0.0681 e. The first-order chi connectivity index (χ1) is 8.78. The van der Waals surface area contributed by atoms with Gasteiger partial charge in [0.15, 0.2) is 0 Å². The summed E-state index contributed by atoms with van der Waals surface area (Å²) in [6, 6.07) is 8.24. The molecule has 1 heterocycles. The van der Waals surface area contributed by atoms with E-state index in [1.807, 2.05) is 26.0 Å². The third-order valence-electron chi connectivity index (χ3n) is 3.21. The van der Waals surface area contributed by atoms with Gasteiger partial charge >= 0.3 is 0 Å². The summed E-state index contributed by atoms with van der Waals surface area (Å²) in [7, 11) is 2.17. The van der Waals surface area contributed by atoms with Crippen LogP contribution in [0.5, 0.6) is 0 Å². The molecule has 1 aliphatic rings. The summed E-state index contributed by atoms with van der Waals surface area (Å²) in [5.41, 5.74) is 2.32. The summed E-state index contributed by atoms with van der Waals surface area (Å²) in [5, 5.41) is 8.96. The van der Waals surface area contributed by atoms with E-state index in [-0.39, 0.29) is 39.3 Å². The van der Waals surface area contributed by atoms with Crippen molar-refractivity contribution in [1.29, 1.82) is 0 Å². The number of rotatable bonds is 3. The minimum absolute atomic E-state index is 0. The van der Waals surface area contributed by atoms with Crippen LogP contribution in [0.2, 0.25) is 0 Å². The van der Waals surface area contributed by atoms with E-state index in [4.69, 9.17) is 5.11 Å². The van der Waals surface area contributed by atoms with Crippen LogP contribution in [0.3, 0.4) is 0 Å². The number of benzene rings is 1. The van der Waals surface area contributed by atoms with Crippen LogP contribution >= 0.6 is 0 Å². The molecule has 1 fully saturated rings. The molecule has 0 amide bonds. The van der Waals surface area contributed by atoms with Crippen molar-refractivity contribution in [3.63, 3.8) is 0 Å².